The minimum absolute atomic E-state index is 0.410. The van der Waals surface area contributed by atoms with Crippen molar-refractivity contribution in [1.29, 1.82) is 0 Å². The van der Waals surface area contributed by atoms with Gasteiger partial charge in [0, 0.05) is 0 Å². The standard InChI is InChI=1S/C66H46/c1-45-23-41-54(42-24-45)66(62-21-11-9-15-56(62)57-16-10-12-22-63(57)66)55-43-39-51(40-44-55)50-35-37-53(38-36-50)65-60-19-7-5-17-58(60)64(59-18-6-8-20-61(59)65)52-33-29-47(30-34-52)26-25-46-27-31-49(32-28-46)48-13-3-2-4-14-48/h2-44H,1H3/b26-25+. The molecule has 0 saturated carbocycles. The van der Waals surface area contributed by atoms with E-state index in [1.165, 1.54) is 116 Å². The van der Waals surface area contributed by atoms with Crippen LogP contribution in [-0.2, 0) is 5.41 Å². The van der Waals surface area contributed by atoms with Crippen LogP contribution in [0.5, 0.6) is 0 Å². The van der Waals surface area contributed by atoms with Crippen LogP contribution < -0.4 is 0 Å². The lowest BCUT2D eigenvalue weighted by atomic mass is 9.67. The van der Waals surface area contributed by atoms with Crippen LogP contribution in [0, 0.1) is 6.92 Å². The van der Waals surface area contributed by atoms with Crippen LogP contribution in [-0.4, -0.2) is 0 Å². The van der Waals surface area contributed by atoms with Gasteiger partial charge in [0.25, 0.3) is 0 Å². The Bertz CT molecular complexity index is 3470. The third-order valence-electron chi connectivity index (χ3n) is 13.9. The molecule has 0 spiro atoms. The minimum Gasteiger partial charge on any atom is -0.0622 e. The highest BCUT2D eigenvalue weighted by atomic mass is 14.5. The van der Waals surface area contributed by atoms with E-state index in [-0.39, 0.29) is 0 Å². The van der Waals surface area contributed by atoms with E-state index in [0.717, 1.165) is 0 Å². The van der Waals surface area contributed by atoms with Crippen molar-refractivity contribution in [3.63, 3.8) is 0 Å². The molecule has 1 aliphatic carbocycles. The topological polar surface area (TPSA) is 0 Å². The lowest BCUT2D eigenvalue weighted by Gasteiger charge is -2.34. The van der Waals surface area contributed by atoms with E-state index in [4.69, 9.17) is 0 Å². The summed E-state index contributed by atoms with van der Waals surface area (Å²) in [5.41, 5.74) is 20.9. The summed E-state index contributed by atoms with van der Waals surface area (Å²) < 4.78 is 0. The molecule has 0 N–H and O–H groups in total. The number of fused-ring (bicyclic) bond motifs is 5. The molecule has 0 saturated heterocycles. The molecule has 0 heterocycles. The van der Waals surface area contributed by atoms with Crippen LogP contribution in [0.25, 0.3) is 89.3 Å². The van der Waals surface area contributed by atoms with Crippen molar-refractivity contribution in [2.24, 2.45) is 0 Å². The highest BCUT2D eigenvalue weighted by molar-refractivity contribution is 6.21. The third-order valence-corrected chi connectivity index (χ3v) is 13.9. The molecule has 0 heteroatoms. The van der Waals surface area contributed by atoms with E-state index in [9.17, 15) is 0 Å². The Labute approximate surface area is 387 Å². The van der Waals surface area contributed by atoms with Crippen molar-refractivity contribution in [3.8, 4) is 55.6 Å². The Kier molecular flexibility index (Phi) is 9.73. The molecule has 0 fully saturated rings. The maximum Gasteiger partial charge on any atom is 0.0713 e. The van der Waals surface area contributed by atoms with Crippen LogP contribution in [0.2, 0.25) is 0 Å². The Hall–Kier alpha value is -8.32. The van der Waals surface area contributed by atoms with Crippen molar-refractivity contribution in [1.82, 2.24) is 0 Å². The summed E-state index contributed by atoms with van der Waals surface area (Å²) in [6, 6.07) is 91.8. The quantitative estimate of drug-likeness (QED) is 0.106. The average Bonchev–Trinajstić information content (AvgIpc) is 3.69. The van der Waals surface area contributed by atoms with Gasteiger partial charge in [-0.15, -0.1) is 0 Å². The predicted molar refractivity (Wildman–Crippen MR) is 281 cm³/mol. The van der Waals surface area contributed by atoms with Gasteiger partial charge in [-0.05, 0) is 117 Å². The van der Waals surface area contributed by atoms with E-state index in [1.54, 1.807) is 0 Å². The Morgan fingerprint density at radius 2 is 0.591 bits per heavy atom. The maximum absolute atomic E-state index is 2.36. The van der Waals surface area contributed by atoms with Crippen LogP contribution in [0.4, 0.5) is 0 Å². The highest BCUT2D eigenvalue weighted by Gasteiger charge is 2.45. The molecule has 0 unspecified atom stereocenters. The number of rotatable bonds is 8. The monoisotopic (exact) mass is 838 g/mol. The molecule has 0 bridgehead atoms. The minimum atomic E-state index is -0.410. The third kappa shape index (κ3) is 6.61. The first-order valence-corrected chi connectivity index (χ1v) is 23.0. The summed E-state index contributed by atoms with van der Waals surface area (Å²) in [4.78, 5) is 0. The van der Waals surface area contributed by atoms with Gasteiger partial charge in [-0.25, -0.2) is 0 Å². The van der Waals surface area contributed by atoms with E-state index in [0.29, 0.717) is 0 Å². The van der Waals surface area contributed by atoms with E-state index >= 15 is 0 Å². The molecule has 66 heavy (non-hydrogen) atoms. The largest absolute Gasteiger partial charge is 0.0713 e. The average molecular weight is 839 g/mol. The molecular weight excluding hydrogens is 793 g/mol. The second-order valence-electron chi connectivity index (χ2n) is 17.6. The zero-order valence-corrected chi connectivity index (χ0v) is 36.8. The van der Waals surface area contributed by atoms with Gasteiger partial charge in [0.2, 0.25) is 0 Å². The van der Waals surface area contributed by atoms with Gasteiger partial charge in [-0.1, -0.05) is 266 Å². The smallest absolute Gasteiger partial charge is 0.0622 e. The fourth-order valence-corrected chi connectivity index (χ4v) is 10.7. The van der Waals surface area contributed by atoms with Gasteiger partial charge in [-0.3, -0.25) is 0 Å². The number of hydrogen-bond donors (Lipinski definition) is 0. The molecule has 0 atom stereocenters. The summed E-state index contributed by atoms with van der Waals surface area (Å²) in [6.07, 6.45) is 4.40. The van der Waals surface area contributed by atoms with Crippen LogP contribution in [0.15, 0.2) is 249 Å². The van der Waals surface area contributed by atoms with E-state index < -0.39 is 5.41 Å². The van der Waals surface area contributed by atoms with Crippen molar-refractivity contribution < 1.29 is 0 Å². The predicted octanol–water partition coefficient (Wildman–Crippen LogP) is 17.5. The number of aryl methyl sites for hydroxylation is 1. The van der Waals surface area contributed by atoms with Crippen molar-refractivity contribution >= 4 is 33.7 Å². The molecular formula is C66H46. The lowest BCUT2D eigenvalue weighted by molar-refractivity contribution is 0.768. The molecule has 0 aliphatic heterocycles. The molecule has 11 aromatic carbocycles. The molecule has 0 aromatic heterocycles. The molecule has 0 amide bonds. The van der Waals surface area contributed by atoms with E-state index in [2.05, 4.69) is 268 Å². The van der Waals surface area contributed by atoms with Crippen LogP contribution >= 0.6 is 0 Å². The molecule has 0 nitrogen and oxygen atoms in total. The maximum atomic E-state index is 2.36. The highest BCUT2D eigenvalue weighted by Crippen LogP contribution is 2.56. The normalized spacial score (nSPS) is 12.7. The Morgan fingerprint density at radius 3 is 1.05 bits per heavy atom. The number of benzene rings is 11. The van der Waals surface area contributed by atoms with Crippen LogP contribution in [0.3, 0.4) is 0 Å². The summed E-state index contributed by atoms with van der Waals surface area (Å²) in [7, 11) is 0. The first kappa shape index (κ1) is 39.3. The van der Waals surface area contributed by atoms with Gasteiger partial charge in [-0.2, -0.15) is 0 Å². The second kappa shape index (κ2) is 16.3. The zero-order chi connectivity index (χ0) is 44.0. The Morgan fingerprint density at radius 1 is 0.273 bits per heavy atom. The van der Waals surface area contributed by atoms with Gasteiger partial charge in [0.15, 0.2) is 0 Å². The van der Waals surface area contributed by atoms with Gasteiger partial charge in [0.1, 0.15) is 0 Å². The first-order valence-electron chi connectivity index (χ1n) is 23.0. The SMILES string of the molecule is Cc1ccc(C2(c3ccc(-c4ccc(-c5c6ccccc6c(-c6ccc(/C=C/c7ccc(-c8ccccc8)cc7)cc6)c6ccccc56)cc4)cc3)c3ccccc3-c3ccccc32)cc1. The summed E-state index contributed by atoms with van der Waals surface area (Å²) in [6.45, 7) is 2.17. The summed E-state index contributed by atoms with van der Waals surface area (Å²) in [5, 5.41) is 5.02. The van der Waals surface area contributed by atoms with Crippen molar-refractivity contribution in [3.05, 3.63) is 288 Å². The van der Waals surface area contributed by atoms with Crippen molar-refractivity contribution in [2.75, 3.05) is 0 Å². The molecule has 310 valence electrons. The second-order valence-corrected chi connectivity index (χ2v) is 17.6. The first-order chi connectivity index (χ1) is 32.6. The molecule has 0 radical (unpaired) electrons. The Balaban J connectivity index is 0.874. The van der Waals surface area contributed by atoms with Gasteiger partial charge < -0.3 is 0 Å². The fourth-order valence-electron chi connectivity index (χ4n) is 10.7. The van der Waals surface area contributed by atoms with Crippen molar-refractivity contribution in [2.45, 2.75) is 12.3 Å². The lowest BCUT2D eigenvalue weighted by Crippen LogP contribution is -2.28. The van der Waals surface area contributed by atoms with Gasteiger partial charge >= 0.3 is 0 Å². The molecule has 11 aromatic rings. The zero-order valence-electron chi connectivity index (χ0n) is 36.8. The van der Waals surface area contributed by atoms with Gasteiger partial charge in [0.05, 0.1) is 5.41 Å². The summed E-state index contributed by atoms with van der Waals surface area (Å²) >= 11 is 0. The van der Waals surface area contributed by atoms with Crippen LogP contribution in [0.1, 0.15) is 38.9 Å². The fraction of sp³-hybridized carbons (Fsp3) is 0.0303. The number of hydrogen-bond acceptors (Lipinski definition) is 0. The molecule has 1 aliphatic rings. The van der Waals surface area contributed by atoms with E-state index in [1.807, 2.05) is 0 Å². The molecule has 12 rings (SSSR count). The summed E-state index contributed by atoms with van der Waals surface area (Å²) in [5.74, 6) is 0.